The number of fused-ring (bicyclic) bond motifs is 2. The van der Waals surface area contributed by atoms with Gasteiger partial charge in [-0.25, -0.2) is 0 Å². The van der Waals surface area contributed by atoms with Gasteiger partial charge in [0.15, 0.2) is 0 Å². The normalized spacial score (nSPS) is 15.5. The number of carbonyl (C=O) groups excluding carboxylic acids is 4. The van der Waals surface area contributed by atoms with Gasteiger partial charge in [0.05, 0.1) is 55.4 Å². The molecule has 0 bridgehead atoms. The largest absolute Gasteiger partial charge is 0.331 e. The monoisotopic (exact) mass is 618 g/mol. The molecule has 0 unspecified atom stereocenters. The highest BCUT2D eigenvalue weighted by atomic mass is 16.2. The Labute approximate surface area is 269 Å². The van der Waals surface area contributed by atoms with E-state index >= 15 is 0 Å². The molecule has 0 saturated heterocycles. The third-order valence-corrected chi connectivity index (χ3v) is 9.73. The van der Waals surface area contributed by atoms with Crippen LogP contribution in [0.2, 0.25) is 0 Å². The summed E-state index contributed by atoms with van der Waals surface area (Å²) in [7, 11) is 12.8. The van der Waals surface area contributed by atoms with E-state index in [2.05, 4.69) is 42.3 Å². The quantitative estimate of drug-likeness (QED) is 0.0642. The van der Waals surface area contributed by atoms with Crippen LogP contribution >= 0.6 is 0 Å². The number of imide groups is 2. The third-order valence-electron chi connectivity index (χ3n) is 9.73. The van der Waals surface area contributed by atoms with Crippen molar-refractivity contribution in [2.24, 2.45) is 0 Å². The van der Waals surface area contributed by atoms with Crippen molar-refractivity contribution in [3.05, 3.63) is 70.8 Å². The Bertz CT molecular complexity index is 1850. The molecule has 46 heavy (non-hydrogen) atoms. The molecule has 0 spiro atoms. The first-order valence-corrected chi connectivity index (χ1v) is 16.3. The van der Waals surface area contributed by atoms with Gasteiger partial charge in [-0.05, 0) is 82.3 Å². The molecule has 0 saturated carbocycles. The molecule has 2 aliphatic rings. The fraction of sp³-hybridized carbons (Fsp3) is 0.368. The Morgan fingerprint density at radius 2 is 0.696 bits per heavy atom. The smallest absolute Gasteiger partial charge is 0.261 e. The summed E-state index contributed by atoms with van der Waals surface area (Å²) in [6, 6.07) is 15.2. The first-order chi connectivity index (χ1) is 21.8. The van der Waals surface area contributed by atoms with Gasteiger partial charge in [-0.2, -0.15) is 0 Å². The van der Waals surface area contributed by atoms with E-state index in [4.69, 9.17) is 0 Å². The van der Waals surface area contributed by atoms with Crippen LogP contribution < -0.4 is 0 Å². The number of amides is 4. The average molecular weight is 619 g/mol. The fourth-order valence-electron chi connectivity index (χ4n) is 7.49. The van der Waals surface area contributed by atoms with Crippen LogP contribution in [0.5, 0.6) is 0 Å². The van der Waals surface area contributed by atoms with Gasteiger partial charge < -0.3 is 8.97 Å². The highest BCUT2D eigenvalue weighted by Crippen LogP contribution is 2.46. The van der Waals surface area contributed by atoms with Crippen molar-refractivity contribution in [2.45, 2.75) is 25.7 Å². The summed E-state index contributed by atoms with van der Waals surface area (Å²) in [5, 5.41) is 6.78. The molecule has 5 aromatic carbocycles. The molecule has 0 aromatic heterocycles. The molecule has 4 amide bonds. The molecule has 2 aliphatic heterocycles. The second kappa shape index (κ2) is 10.6. The van der Waals surface area contributed by atoms with Crippen molar-refractivity contribution >= 4 is 66.7 Å². The van der Waals surface area contributed by atoms with Gasteiger partial charge in [-0.3, -0.25) is 29.0 Å². The van der Waals surface area contributed by atoms with Crippen LogP contribution in [0, 0.1) is 0 Å². The maximum atomic E-state index is 13.8. The van der Waals surface area contributed by atoms with Crippen molar-refractivity contribution in [1.82, 2.24) is 9.80 Å². The highest BCUT2D eigenvalue weighted by Gasteiger charge is 2.36. The molecule has 236 valence electrons. The summed E-state index contributed by atoms with van der Waals surface area (Å²) in [5.74, 6) is -0.999. The summed E-state index contributed by atoms with van der Waals surface area (Å²) in [4.78, 5) is 57.9. The second-order valence-corrected chi connectivity index (χ2v) is 15.1. The van der Waals surface area contributed by atoms with Gasteiger partial charge in [-0.15, -0.1) is 0 Å². The molecular weight excluding hydrogens is 576 g/mol. The first-order valence-electron chi connectivity index (χ1n) is 16.3. The van der Waals surface area contributed by atoms with Crippen LogP contribution in [-0.2, 0) is 0 Å². The molecule has 7 rings (SSSR count). The number of carbonyl (C=O) groups is 4. The number of hydrogen-bond donors (Lipinski definition) is 0. The van der Waals surface area contributed by atoms with E-state index in [1.54, 1.807) is 0 Å². The van der Waals surface area contributed by atoms with Gasteiger partial charge in [0, 0.05) is 46.1 Å². The molecule has 0 N–H and O–H groups in total. The minimum atomic E-state index is -0.250. The zero-order valence-electron chi connectivity index (χ0n) is 27.7. The predicted molar refractivity (Wildman–Crippen MR) is 183 cm³/mol. The highest BCUT2D eigenvalue weighted by molar-refractivity contribution is 6.41. The summed E-state index contributed by atoms with van der Waals surface area (Å²) < 4.78 is 1.68. The van der Waals surface area contributed by atoms with E-state index in [1.165, 1.54) is 9.80 Å². The van der Waals surface area contributed by atoms with Crippen LogP contribution in [0.25, 0.3) is 43.1 Å². The standard InChI is InChI=1S/C38H42N4O4/c1-41(2,3)21-9-7-19-39-35(43)27-15-11-23-25-13-17-29-34-30(38(46)40(37(29)45)20-8-10-22-42(4,5)6)18-14-26(32(25)34)24-12-16-28(36(39)44)33(27)31(23)24/h11-18H,7-10,19-22H2,1-6H3/q+2. The lowest BCUT2D eigenvalue weighted by atomic mass is 9.82. The molecule has 0 fully saturated rings. The van der Waals surface area contributed by atoms with Gasteiger partial charge in [0.2, 0.25) is 0 Å². The number of quaternary nitrogens is 2. The molecule has 0 aliphatic carbocycles. The Morgan fingerprint density at radius 1 is 0.413 bits per heavy atom. The van der Waals surface area contributed by atoms with Crippen LogP contribution in [0.1, 0.15) is 67.1 Å². The summed E-state index contributed by atoms with van der Waals surface area (Å²) in [6.07, 6.45) is 3.36. The maximum absolute atomic E-state index is 13.8. The van der Waals surface area contributed by atoms with E-state index in [1.807, 2.05) is 48.5 Å². The topological polar surface area (TPSA) is 74.8 Å². The fourth-order valence-corrected chi connectivity index (χ4v) is 7.49. The van der Waals surface area contributed by atoms with Crippen molar-refractivity contribution in [3.8, 4) is 0 Å². The molecule has 2 heterocycles. The number of rotatable bonds is 10. The van der Waals surface area contributed by atoms with Crippen molar-refractivity contribution < 1.29 is 28.1 Å². The van der Waals surface area contributed by atoms with Crippen molar-refractivity contribution in [2.75, 3.05) is 68.5 Å². The summed E-state index contributed by atoms with van der Waals surface area (Å²) in [5.41, 5.74) is 2.17. The van der Waals surface area contributed by atoms with Crippen molar-refractivity contribution in [1.29, 1.82) is 0 Å². The van der Waals surface area contributed by atoms with Crippen molar-refractivity contribution in [3.63, 3.8) is 0 Å². The van der Waals surface area contributed by atoms with Crippen LogP contribution in [0.3, 0.4) is 0 Å². The molecule has 0 atom stereocenters. The second-order valence-electron chi connectivity index (χ2n) is 15.1. The number of hydrogen-bond acceptors (Lipinski definition) is 4. The van der Waals surface area contributed by atoms with Gasteiger partial charge >= 0.3 is 0 Å². The average Bonchev–Trinajstić information content (AvgIpc) is 2.99. The Balaban J connectivity index is 1.31. The molecular formula is C38H42N4O4+2. The summed E-state index contributed by atoms with van der Waals surface area (Å²) in [6.45, 7) is 2.72. The number of benzene rings is 5. The first kappa shape index (κ1) is 30.3. The van der Waals surface area contributed by atoms with Gasteiger partial charge in [0.25, 0.3) is 23.6 Å². The van der Waals surface area contributed by atoms with E-state index in [-0.39, 0.29) is 23.6 Å². The van der Waals surface area contributed by atoms with E-state index in [0.29, 0.717) is 46.1 Å². The molecule has 5 aromatic rings. The van der Waals surface area contributed by atoms with Crippen LogP contribution in [-0.4, -0.2) is 111 Å². The van der Waals surface area contributed by atoms with Crippen LogP contribution in [0.15, 0.2) is 48.5 Å². The zero-order valence-corrected chi connectivity index (χ0v) is 27.7. The lowest BCUT2D eigenvalue weighted by Gasteiger charge is -2.30. The maximum Gasteiger partial charge on any atom is 0.261 e. The van der Waals surface area contributed by atoms with Gasteiger partial charge in [0.1, 0.15) is 0 Å². The SMILES string of the molecule is C[N+](C)(C)CCCCN1C(=O)c2ccc3c4ccc5c6c(ccc(c7ccc(c2c37)C1=O)c64)C(=O)N(CCCC[N+](C)(C)C)C5=O. The van der Waals surface area contributed by atoms with Crippen LogP contribution in [0.4, 0.5) is 0 Å². The lowest BCUT2D eigenvalue weighted by molar-refractivity contribution is -0.870. The number of nitrogens with zero attached hydrogens (tertiary/aromatic N) is 4. The third kappa shape index (κ3) is 4.74. The van der Waals surface area contributed by atoms with Gasteiger partial charge in [-0.1, -0.05) is 24.3 Å². The molecule has 0 radical (unpaired) electrons. The minimum absolute atomic E-state index is 0.250. The minimum Gasteiger partial charge on any atom is -0.331 e. The summed E-state index contributed by atoms with van der Waals surface area (Å²) >= 11 is 0. The zero-order chi connectivity index (χ0) is 32.7. The Hall–Kier alpha value is -4.40. The Kier molecular flexibility index (Phi) is 6.96. The number of unbranched alkanes of at least 4 members (excludes halogenated alkanes) is 2. The van der Waals surface area contributed by atoms with E-state index < -0.39 is 0 Å². The van der Waals surface area contributed by atoms with E-state index in [0.717, 1.165) is 80.1 Å². The lowest BCUT2D eigenvalue weighted by Crippen LogP contribution is -2.41. The Morgan fingerprint density at radius 3 is 0.957 bits per heavy atom. The molecule has 8 nitrogen and oxygen atoms in total. The predicted octanol–water partition coefficient (Wildman–Crippen LogP) is 5.90. The van der Waals surface area contributed by atoms with E-state index in [9.17, 15) is 19.2 Å². The molecule has 8 heteroatoms.